The molecule has 2 aromatic rings. The van der Waals surface area contributed by atoms with Crippen LogP contribution in [0.5, 0.6) is 0 Å². The summed E-state index contributed by atoms with van der Waals surface area (Å²) in [5, 5.41) is 11.3. The van der Waals surface area contributed by atoms with E-state index in [-0.39, 0.29) is 5.54 Å². The van der Waals surface area contributed by atoms with E-state index in [1.165, 1.54) is 0 Å². The van der Waals surface area contributed by atoms with Gasteiger partial charge in [0.2, 0.25) is 11.7 Å². The molecule has 0 aromatic carbocycles. The average Bonchev–Trinajstić information content (AvgIpc) is 2.85. The number of hydrogen-bond acceptors (Lipinski definition) is 5. The van der Waals surface area contributed by atoms with Crippen molar-refractivity contribution in [2.75, 3.05) is 6.54 Å². The van der Waals surface area contributed by atoms with E-state index in [0.717, 1.165) is 12.1 Å². The Hall–Kier alpha value is -1.69. The van der Waals surface area contributed by atoms with Gasteiger partial charge >= 0.3 is 0 Å². The van der Waals surface area contributed by atoms with Crippen molar-refractivity contribution < 1.29 is 4.52 Å². The third kappa shape index (κ3) is 2.36. The Kier molecular flexibility index (Phi) is 2.97. The molecule has 0 atom stereocenters. The van der Waals surface area contributed by atoms with Crippen LogP contribution in [-0.4, -0.2) is 26.5 Å². The maximum atomic E-state index is 5.29. The van der Waals surface area contributed by atoms with E-state index in [2.05, 4.69) is 20.6 Å². The van der Waals surface area contributed by atoms with Crippen LogP contribution in [0.1, 0.15) is 26.7 Å². The van der Waals surface area contributed by atoms with E-state index in [1.54, 1.807) is 10.9 Å². The summed E-state index contributed by atoms with van der Waals surface area (Å²) >= 11 is 0. The Balaban J connectivity index is 2.27. The van der Waals surface area contributed by atoms with Crippen LogP contribution >= 0.6 is 0 Å². The van der Waals surface area contributed by atoms with Gasteiger partial charge in [0.25, 0.3) is 0 Å². The molecule has 0 aliphatic rings. The topological polar surface area (TPSA) is 68.8 Å². The Morgan fingerprint density at radius 2 is 2.24 bits per heavy atom. The summed E-state index contributed by atoms with van der Waals surface area (Å²) in [5.41, 5.74) is 0.539. The SMILES string of the molecule is CCNC(C)(C)c1nc(-c2cnn(C)c2)no1. The van der Waals surface area contributed by atoms with Crippen molar-refractivity contribution in [3.63, 3.8) is 0 Å². The molecule has 0 amide bonds. The highest BCUT2D eigenvalue weighted by atomic mass is 16.5. The molecule has 6 nitrogen and oxygen atoms in total. The number of rotatable bonds is 4. The van der Waals surface area contributed by atoms with Crippen molar-refractivity contribution in [1.29, 1.82) is 0 Å². The van der Waals surface area contributed by atoms with Gasteiger partial charge in [0.05, 0.1) is 17.3 Å². The van der Waals surface area contributed by atoms with E-state index in [4.69, 9.17) is 4.52 Å². The van der Waals surface area contributed by atoms with Crippen LogP contribution in [0.25, 0.3) is 11.4 Å². The summed E-state index contributed by atoms with van der Waals surface area (Å²) in [5.74, 6) is 1.15. The number of nitrogens with one attached hydrogen (secondary N) is 1. The molecule has 0 radical (unpaired) electrons. The number of aryl methyl sites for hydroxylation is 1. The van der Waals surface area contributed by atoms with Gasteiger partial charge in [0.1, 0.15) is 0 Å². The largest absolute Gasteiger partial charge is 0.337 e. The fourth-order valence-corrected chi connectivity index (χ4v) is 1.65. The van der Waals surface area contributed by atoms with Gasteiger partial charge in [0, 0.05) is 13.2 Å². The van der Waals surface area contributed by atoms with Gasteiger partial charge in [-0.1, -0.05) is 12.1 Å². The molecule has 0 bridgehead atoms. The molecular weight excluding hydrogens is 218 g/mol. The maximum absolute atomic E-state index is 5.29. The van der Waals surface area contributed by atoms with Gasteiger partial charge in [-0.25, -0.2) is 0 Å². The molecule has 0 aliphatic carbocycles. The second-order valence-corrected chi connectivity index (χ2v) is 4.48. The first-order valence-electron chi connectivity index (χ1n) is 5.61. The van der Waals surface area contributed by atoms with E-state index < -0.39 is 0 Å². The summed E-state index contributed by atoms with van der Waals surface area (Å²) < 4.78 is 6.99. The Bertz CT molecular complexity index is 499. The van der Waals surface area contributed by atoms with E-state index >= 15 is 0 Å². The zero-order valence-electron chi connectivity index (χ0n) is 10.6. The predicted octanol–water partition coefficient (Wildman–Crippen LogP) is 1.31. The molecule has 0 saturated carbocycles. The van der Waals surface area contributed by atoms with Crippen LogP contribution in [0.15, 0.2) is 16.9 Å². The normalized spacial score (nSPS) is 12.0. The zero-order chi connectivity index (χ0) is 12.5. The third-order valence-corrected chi connectivity index (χ3v) is 2.54. The van der Waals surface area contributed by atoms with Crippen LogP contribution in [0.2, 0.25) is 0 Å². The summed E-state index contributed by atoms with van der Waals surface area (Å²) in [7, 11) is 1.85. The zero-order valence-corrected chi connectivity index (χ0v) is 10.6. The van der Waals surface area contributed by atoms with Crippen molar-refractivity contribution in [3.8, 4) is 11.4 Å². The van der Waals surface area contributed by atoms with Crippen LogP contribution in [0.4, 0.5) is 0 Å². The smallest absolute Gasteiger partial charge is 0.246 e. The molecule has 1 N–H and O–H groups in total. The van der Waals surface area contributed by atoms with Gasteiger partial charge in [-0.05, 0) is 20.4 Å². The molecule has 0 unspecified atom stereocenters. The minimum absolute atomic E-state index is 0.317. The molecule has 6 heteroatoms. The van der Waals surface area contributed by atoms with Crippen molar-refractivity contribution in [1.82, 2.24) is 25.2 Å². The third-order valence-electron chi connectivity index (χ3n) is 2.54. The van der Waals surface area contributed by atoms with E-state index in [9.17, 15) is 0 Å². The number of aromatic nitrogens is 4. The summed E-state index contributed by atoms with van der Waals surface area (Å²) in [6, 6.07) is 0. The molecule has 0 spiro atoms. The molecule has 0 saturated heterocycles. The first kappa shape index (κ1) is 11.8. The number of nitrogens with zero attached hydrogens (tertiary/aromatic N) is 4. The van der Waals surface area contributed by atoms with Gasteiger partial charge in [-0.2, -0.15) is 10.1 Å². The Labute approximate surface area is 100 Å². The molecule has 0 fully saturated rings. The predicted molar refractivity (Wildman–Crippen MR) is 63.2 cm³/mol. The number of hydrogen-bond donors (Lipinski definition) is 1. The van der Waals surface area contributed by atoms with Gasteiger partial charge in [-0.3, -0.25) is 4.68 Å². The average molecular weight is 235 g/mol. The van der Waals surface area contributed by atoms with Gasteiger partial charge in [0.15, 0.2) is 0 Å². The van der Waals surface area contributed by atoms with Crippen molar-refractivity contribution in [2.45, 2.75) is 26.3 Å². The van der Waals surface area contributed by atoms with Gasteiger partial charge < -0.3 is 9.84 Å². The lowest BCUT2D eigenvalue weighted by atomic mass is 10.1. The highest BCUT2D eigenvalue weighted by Gasteiger charge is 2.26. The molecule has 0 aliphatic heterocycles. The second-order valence-electron chi connectivity index (χ2n) is 4.48. The van der Waals surface area contributed by atoms with Crippen LogP contribution in [0, 0.1) is 0 Å². The fourth-order valence-electron chi connectivity index (χ4n) is 1.65. The summed E-state index contributed by atoms with van der Waals surface area (Å²) in [4.78, 5) is 4.39. The minimum atomic E-state index is -0.317. The quantitative estimate of drug-likeness (QED) is 0.865. The Morgan fingerprint density at radius 1 is 1.47 bits per heavy atom. The lowest BCUT2D eigenvalue weighted by Gasteiger charge is -2.20. The first-order chi connectivity index (χ1) is 8.03. The fraction of sp³-hybridized carbons (Fsp3) is 0.545. The van der Waals surface area contributed by atoms with E-state index in [0.29, 0.717) is 11.7 Å². The summed E-state index contributed by atoms with van der Waals surface area (Å²) in [6.45, 7) is 6.91. The monoisotopic (exact) mass is 235 g/mol. The van der Waals surface area contributed by atoms with Crippen LogP contribution in [0.3, 0.4) is 0 Å². The van der Waals surface area contributed by atoms with Crippen LogP contribution < -0.4 is 5.32 Å². The minimum Gasteiger partial charge on any atom is -0.337 e. The van der Waals surface area contributed by atoms with Crippen molar-refractivity contribution >= 4 is 0 Å². The molecule has 92 valence electrons. The molecule has 2 aromatic heterocycles. The Morgan fingerprint density at radius 3 is 2.82 bits per heavy atom. The van der Waals surface area contributed by atoms with E-state index in [1.807, 2.05) is 34.0 Å². The maximum Gasteiger partial charge on any atom is 0.246 e. The highest BCUT2D eigenvalue weighted by Crippen LogP contribution is 2.21. The van der Waals surface area contributed by atoms with Crippen LogP contribution in [-0.2, 0) is 12.6 Å². The van der Waals surface area contributed by atoms with Crippen molar-refractivity contribution in [2.24, 2.45) is 7.05 Å². The molecule has 2 heterocycles. The molecule has 2 rings (SSSR count). The molecule has 17 heavy (non-hydrogen) atoms. The lowest BCUT2D eigenvalue weighted by Crippen LogP contribution is -2.36. The van der Waals surface area contributed by atoms with Gasteiger partial charge in [-0.15, -0.1) is 0 Å². The lowest BCUT2D eigenvalue weighted by molar-refractivity contribution is 0.272. The highest BCUT2D eigenvalue weighted by molar-refractivity contribution is 5.51. The standard InChI is InChI=1S/C11H17N5O/c1-5-12-11(2,3)10-14-9(15-17-10)8-6-13-16(4)7-8/h6-7,12H,5H2,1-4H3. The van der Waals surface area contributed by atoms with Crippen molar-refractivity contribution in [3.05, 3.63) is 18.3 Å². The first-order valence-corrected chi connectivity index (χ1v) is 5.61. The summed E-state index contributed by atoms with van der Waals surface area (Å²) in [6.07, 6.45) is 3.57. The second kappa shape index (κ2) is 4.29. The molecular formula is C11H17N5O.